The quantitative estimate of drug-likeness (QED) is 0.275. The van der Waals surface area contributed by atoms with Crippen molar-refractivity contribution in [1.82, 2.24) is 0 Å². The van der Waals surface area contributed by atoms with Crippen molar-refractivity contribution in [3.8, 4) is 5.75 Å². The number of ether oxygens (including phenoxy) is 1. The van der Waals surface area contributed by atoms with Gasteiger partial charge >= 0.3 is 6.61 Å². The number of alkyl halides is 4. The van der Waals surface area contributed by atoms with Gasteiger partial charge in [0, 0.05) is 37.1 Å². The van der Waals surface area contributed by atoms with Gasteiger partial charge < -0.3 is 15.8 Å². The zero-order chi connectivity index (χ0) is 22.7. The second-order valence-corrected chi connectivity index (χ2v) is 6.11. The number of anilines is 1. The highest BCUT2D eigenvalue weighted by Gasteiger charge is 2.23. The molecule has 0 radical (unpaired) electrons. The molecule has 30 heavy (non-hydrogen) atoms. The summed E-state index contributed by atoms with van der Waals surface area (Å²) in [5.74, 6) is -2.71. The van der Waals surface area contributed by atoms with Gasteiger partial charge in [-0.05, 0) is 43.3 Å². The van der Waals surface area contributed by atoms with Crippen molar-refractivity contribution in [2.45, 2.75) is 26.4 Å². The summed E-state index contributed by atoms with van der Waals surface area (Å²) >= 11 is 0. The van der Waals surface area contributed by atoms with Crippen LogP contribution in [0.3, 0.4) is 0 Å². The van der Waals surface area contributed by atoms with E-state index in [1.165, 1.54) is 42.6 Å². The van der Waals surface area contributed by atoms with E-state index in [4.69, 9.17) is 5.73 Å². The monoisotopic (exact) mass is 425 g/mol. The van der Waals surface area contributed by atoms with Gasteiger partial charge in [0.05, 0.1) is 11.3 Å². The molecule has 0 saturated heterocycles. The zero-order valence-electron chi connectivity index (χ0n) is 16.7. The second kappa shape index (κ2) is 11.6. The average Bonchev–Trinajstić information content (AvgIpc) is 2.69. The van der Waals surface area contributed by atoms with Crippen molar-refractivity contribution in [3.05, 3.63) is 65.4 Å². The number of carbonyl (C=O) groups is 1. The van der Waals surface area contributed by atoms with Crippen LogP contribution in [0.15, 0.2) is 64.8 Å². The minimum atomic E-state index is -2.86. The van der Waals surface area contributed by atoms with Crippen LogP contribution in [0.2, 0.25) is 0 Å². The van der Waals surface area contributed by atoms with Crippen LogP contribution in [0.25, 0.3) is 0 Å². The van der Waals surface area contributed by atoms with E-state index in [0.717, 1.165) is 6.92 Å². The number of hydrogen-bond donors (Lipinski definition) is 2. The fourth-order valence-corrected chi connectivity index (χ4v) is 2.03. The minimum Gasteiger partial charge on any atom is -0.435 e. The standard InChI is InChI=1S/C12H12F2N2O2.C9H11F2N/c1-8(15)9(7-17)6-16-10-2-4-11(5-3-10)18-12(13)14;1-9(10,11)7-4-3-5-8(6-7)12-2/h2-7,12H,15H2,1H3;3-6,12H,1-2H3/b9-8+,16-6?;. The third kappa shape index (κ3) is 8.76. The van der Waals surface area contributed by atoms with E-state index in [2.05, 4.69) is 15.0 Å². The van der Waals surface area contributed by atoms with Crippen LogP contribution in [-0.4, -0.2) is 26.2 Å². The lowest BCUT2D eigenvalue weighted by Crippen LogP contribution is -2.06. The van der Waals surface area contributed by atoms with Gasteiger partial charge in [0.15, 0.2) is 6.29 Å². The highest BCUT2D eigenvalue weighted by atomic mass is 19.3. The molecule has 0 aromatic heterocycles. The number of nitrogens with two attached hydrogens (primary N) is 1. The van der Waals surface area contributed by atoms with Crippen molar-refractivity contribution in [2.24, 2.45) is 10.7 Å². The van der Waals surface area contributed by atoms with Crippen LogP contribution in [-0.2, 0) is 10.7 Å². The van der Waals surface area contributed by atoms with Crippen LogP contribution in [0.1, 0.15) is 19.4 Å². The molecular formula is C21H23F4N3O2. The zero-order valence-corrected chi connectivity index (χ0v) is 16.7. The predicted octanol–water partition coefficient (Wildman–Crippen LogP) is 5.26. The highest BCUT2D eigenvalue weighted by Crippen LogP contribution is 2.28. The van der Waals surface area contributed by atoms with Crippen molar-refractivity contribution >= 4 is 23.9 Å². The van der Waals surface area contributed by atoms with Crippen LogP contribution in [0, 0.1) is 0 Å². The van der Waals surface area contributed by atoms with Gasteiger partial charge in [0.2, 0.25) is 0 Å². The van der Waals surface area contributed by atoms with Gasteiger partial charge in [-0.1, -0.05) is 12.1 Å². The number of rotatable bonds is 7. The molecule has 0 aliphatic rings. The summed E-state index contributed by atoms with van der Waals surface area (Å²) in [6.07, 6.45) is 1.90. The SMILES string of the molecule is C/C(N)=C(\C=O)C=Nc1ccc(OC(F)F)cc1.CNc1cccc(C(C)(F)F)c1. The molecule has 9 heteroatoms. The second-order valence-electron chi connectivity index (χ2n) is 6.11. The average molecular weight is 425 g/mol. The molecule has 0 atom stereocenters. The predicted molar refractivity (Wildman–Crippen MR) is 110 cm³/mol. The van der Waals surface area contributed by atoms with Crippen LogP contribution in [0.4, 0.5) is 28.9 Å². The molecule has 0 aliphatic carbocycles. The Labute approximate surface area is 172 Å². The van der Waals surface area contributed by atoms with Gasteiger partial charge in [0.1, 0.15) is 5.75 Å². The van der Waals surface area contributed by atoms with Crippen LogP contribution in [0.5, 0.6) is 5.75 Å². The Bertz CT molecular complexity index is 873. The van der Waals surface area contributed by atoms with Gasteiger partial charge in [-0.15, -0.1) is 0 Å². The van der Waals surface area contributed by atoms with Crippen molar-refractivity contribution in [1.29, 1.82) is 0 Å². The molecule has 0 fully saturated rings. The van der Waals surface area contributed by atoms with Gasteiger partial charge in [-0.2, -0.15) is 8.78 Å². The lowest BCUT2D eigenvalue weighted by atomic mass is 10.1. The smallest absolute Gasteiger partial charge is 0.387 e. The Balaban J connectivity index is 0.000000325. The fourth-order valence-electron chi connectivity index (χ4n) is 2.03. The summed E-state index contributed by atoms with van der Waals surface area (Å²) in [6.45, 7) is -0.388. The molecule has 0 unspecified atom stereocenters. The number of hydrogen-bond acceptors (Lipinski definition) is 5. The van der Waals surface area contributed by atoms with Gasteiger partial charge in [0.25, 0.3) is 5.92 Å². The summed E-state index contributed by atoms with van der Waals surface area (Å²) in [4.78, 5) is 14.6. The Hall–Kier alpha value is -3.36. The van der Waals surface area contributed by atoms with E-state index < -0.39 is 12.5 Å². The number of halogens is 4. The van der Waals surface area contributed by atoms with Crippen LogP contribution >= 0.6 is 0 Å². The molecule has 0 heterocycles. The van der Waals surface area contributed by atoms with E-state index in [0.29, 0.717) is 23.4 Å². The van der Waals surface area contributed by atoms with Crippen LogP contribution < -0.4 is 15.8 Å². The molecule has 0 amide bonds. The third-order valence-electron chi connectivity index (χ3n) is 3.66. The first-order chi connectivity index (χ1) is 14.1. The molecule has 162 valence electrons. The Morgan fingerprint density at radius 3 is 2.30 bits per heavy atom. The van der Waals surface area contributed by atoms with E-state index in [1.807, 2.05) is 0 Å². The first kappa shape index (κ1) is 24.7. The van der Waals surface area contributed by atoms with Crippen molar-refractivity contribution in [2.75, 3.05) is 12.4 Å². The maximum atomic E-state index is 12.7. The molecule has 0 bridgehead atoms. The molecular weight excluding hydrogens is 402 g/mol. The van der Waals surface area contributed by atoms with Gasteiger partial charge in [-0.3, -0.25) is 9.79 Å². The lowest BCUT2D eigenvalue weighted by Gasteiger charge is -2.11. The Kier molecular flexibility index (Phi) is 9.54. The minimum absolute atomic E-state index is 0.0364. The largest absolute Gasteiger partial charge is 0.435 e. The molecule has 2 aromatic rings. The number of nitrogens with one attached hydrogen (secondary N) is 1. The third-order valence-corrected chi connectivity index (χ3v) is 3.66. The van der Waals surface area contributed by atoms with Crippen molar-refractivity contribution in [3.63, 3.8) is 0 Å². The van der Waals surface area contributed by atoms with Crippen molar-refractivity contribution < 1.29 is 27.1 Å². The molecule has 5 nitrogen and oxygen atoms in total. The lowest BCUT2D eigenvalue weighted by molar-refractivity contribution is -0.104. The van der Waals surface area contributed by atoms with E-state index in [1.54, 1.807) is 26.1 Å². The summed E-state index contributed by atoms with van der Waals surface area (Å²) in [5.41, 5.74) is 7.30. The topological polar surface area (TPSA) is 76.7 Å². The fraction of sp³-hybridized carbons (Fsp3) is 0.238. The summed E-state index contributed by atoms with van der Waals surface area (Å²) in [5, 5.41) is 2.81. The molecule has 2 aromatic carbocycles. The Morgan fingerprint density at radius 1 is 1.20 bits per heavy atom. The van der Waals surface area contributed by atoms with E-state index in [-0.39, 0.29) is 16.9 Å². The summed E-state index contributed by atoms with van der Waals surface area (Å²) in [6, 6.07) is 11.9. The number of allylic oxidation sites excluding steroid dienone is 2. The summed E-state index contributed by atoms with van der Waals surface area (Å²) < 4.78 is 53.5. The van der Waals surface area contributed by atoms with E-state index in [9.17, 15) is 22.4 Å². The number of aliphatic imine (C=N–C) groups is 1. The Morgan fingerprint density at radius 2 is 1.83 bits per heavy atom. The number of nitrogens with zero attached hydrogens (tertiary/aromatic N) is 1. The number of benzene rings is 2. The van der Waals surface area contributed by atoms with Gasteiger partial charge in [-0.25, -0.2) is 8.78 Å². The molecule has 0 saturated carbocycles. The normalized spacial score (nSPS) is 12.1. The summed E-state index contributed by atoms with van der Waals surface area (Å²) in [7, 11) is 1.70. The number of aldehydes is 1. The first-order valence-corrected chi connectivity index (χ1v) is 8.73. The molecule has 0 aliphatic heterocycles. The maximum absolute atomic E-state index is 12.7. The maximum Gasteiger partial charge on any atom is 0.387 e. The molecule has 3 N–H and O–H groups in total. The number of carbonyl (C=O) groups excluding carboxylic acids is 1. The van der Waals surface area contributed by atoms with E-state index >= 15 is 0 Å². The molecule has 2 rings (SSSR count). The molecule has 0 spiro atoms. The first-order valence-electron chi connectivity index (χ1n) is 8.73. The highest BCUT2D eigenvalue weighted by molar-refractivity contribution is 6.03.